The van der Waals surface area contributed by atoms with E-state index in [1.54, 1.807) is 51.6 Å². The van der Waals surface area contributed by atoms with Crippen LogP contribution in [-0.2, 0) is 13.6 Å². The van der Waals surface area contributed by atoms with E-state index in [9.17, 15) is 9.18 Å². The minimum atomic E-state index is -0.310. The van der Waals surface area contributed by atoms with Crippen molar-refractivity contribution in [1.29, 1.82) is 0 Å². The molecule has 2 aromatic carbocycles. The highest BCUT2D eigenvalue weighted by Crippen LogP contribution is 2.32. The van der Waals surface area contributed by atoms with E-state index in [1.807, 2.05) is 6.07 Å². The lowest BCUT2D eigenvalue weighted by atomic mass is 10.1. The summed E-state index contributed by atoms with van der Waals surface area (Å²) < 4.78 is 25.1. The van der Waals surface area contributed by atoms with Crippen molar-refractivity contribution in [2.75, 3.05) is 14.2 Å². The Hall–Kier alpha value is -3.35. The number of carbonyl (C=O) groups excluding carboxylic acids is 1. The van der Waals surface area contributed by atoms with E-state index in [-0.39, 0.29) is 11.7 Å². The van der Waals surface area contributed by atoms with Crippen LogP contribution in [0, 0.1) is 5.82 Å². The fraction of sp³-hybridized carbons (Fsp3) is 0.200. The summed E-state index contributed by atoms with van der Waals surface area (Å²) in [5.41, 5.74) is 2.59. The lowest BCUT2D eigenvalue weighted by Crippen LogP contribution is -2.25. The van der Waals surface area contributed by atoms with Crippen molar-refractivity contribution < 1.29 is 18.7 Å². The molecule has 1 aromatic heterocycles. The van der Waals surface area contributed by atoms with Gasteiger partial charge in [0.25, 0.3) is 5.91 Å². The second kappa shape index (κ2) is 7.90. The first-order valence-electron chi connectivity index (χ1n) is 8.31. The van der Waals surface area contributed by atoms with Crippen LogP contribution in [0.25, 0.3) is 11.3 Å². The number of halogens is 1. The average molecular weight is 369 g/mol. The summed E-state index contributed by atoms with van der Waals surface area (Å²) in [6.45, 7) is 0.297. The van der Waals surface area contributed by atoms with E-state index >= 15 is 0 Å². The van der Waals surface area contributed by atoms with Gasteiger partial charge in [-0.1, -0.05) is 12.1 Å². The van der Waals surface area contributed by atoms with Crippen LogP contribution in [-0.4, -0.2) is 29.9 Å². The number of rotatable bonds is 6. The lowest BCUT2D eigenvalue weighted by molar-refractivity contribution is 0.0941. The van der Waals surface area contributed by atoms with Crippen LogP contribution in [0.5, 0.6) is 11.5 Å². The van der Waals surface area contributed by atoms with E-state index in [2.05, 4.69) is 10.4 Å². The fourth-order valence-corrected chi connectivity index (χ4v) is 2.70. The lowest BCUT2D eigenvalue weighted by Gasteiger charge is -2.08. The quantitative estimate of drug-likeness (QED) is 0.725. The molecule has 0 unspecified atom stereocenters. The molecule has 7 heteroatoms. The number of nitrogens with zero attached hydrogens (tertiary/aromatic N) is 2. The Labute approximate surface area is 156 Å². The molecule has 0 saturated carbocycles. The van der Waals surface area contributed by atoms with E-state index in [1.165, 1.54) is 16.8 Å². The molecule has 0 fully saturated rings. The molecule has 1 heterocycles. The van der Waals surface area contributed by atoms with Crippen LogP contribution >= 0.6 is 0 Å². The van der Waals surface area contributed by atoms with Gasteiger partial charge in [0.1, 0.15) is 23.0 Å². The molecule has 0 aliphatic rings. The first-order chi connectivity index (χ1) is 13.0. The molecule has 3 aromatic rings. The van der Waals surface area contributed by atoms with Crippen LogP contribution in [0.15, 0.2) is 48.5 Å². The molecule has 3 rings (SSSR count). The van der Waals surface area contributed by atoms with Crippen molar-refractivity contribution in [3.05, 3.63) is 65.6 Å². The molecule has 0 aliphatic carbocycles. The van der Waals surface area contributed by atoms with Crippen molar-refractivity contribution in [3.8, 4) is 22.8 Å². The number of hydrogen-bond acceptors (Lipinski definition) is 4. The molecular formula is C20H20FN3O3. The van der Waals surface area contributed by atoms with Gasteiger partial charge in [-0.15, -0.1) is 0 Å². The molecule has 0 atom stereocenters. The predicted octanol–water partition coefficient (Wildman–Crippen LogP) is 3.17. The fourth-order valence-electron chi connectivity index (χ4n) is 2.70. The molecule has 140 valence electrons. The van der Waals surface area contributed by atoms with Gasteiger partial charge < -0.3 is 14.8 Å². The molecular weight excluding hydrogens is 349 g/mol. The number of benzene rings is 2. The average Bonchev–Trinajstić information content (AvgIpc) is 3.08. The topological polar surface area (TPSA) is 65.4 Å². The Balaban J connectivity index is 1.79. The van der Waals surface area contributed by atoms with Crippen LogP contribution in [0.4, 0.5) is 4.39 Å². The minimum Gasteiger partial charge on any atom is -0.497 e. The van der Waals surface area contributed by atoms with E-state index < -0.39 is 0 Å². The number of aryl methyl sites for hydroxylation is 1. The van der Waals surface area contributed by atoms with Crippen LogP contribution < -0.4 is 14.8 Å². The zero-order chi connectivity index (χ0) is 19.4. The Morgan fingerprint density at radius 1 is 1.11 bits per heavy atom. The number of amides is 1. The van der Waals surface area contributed by atoms with E-state index in [0.717, 1.165) is 11.1 Å². The summed E-state index contributed by atoms with van der Waals surface area (Å²) >= 11 is 0. The first kappa shape index (κ1) is 18.4. The molecule has 1 amide bonds. The maximum atomic E-state index is 13.0. The Morgan fingerprint density at radius 3 is 2.52 bits per heavy atom. The molecule has 6 nitrogen and oxygen atoms in total. The highest BCUT2D eigenvalue weighted by molar-refractivity contribution is 5.93. The smallest absolute Gasteiger partial charge is 0.269 e. The summed E-state index contributed by atoms with van der Waals surface area (Å²) in [6.07, 6.45) is 0. The third kappa shape index (κ3) is 4.08. The standard InChI is InChI=1S/C20H20FN3O3/c1-24-18(20(25)22-12-13-4-6-14(21)7-5-13)11-17(23-24)16-9-8-15(26-2)10-19(16)27-3/h4-11H,12H2,1-3H3,(H,22,25). The Bertz CT molecular complexity index is 952. The predicted molar refractivity (Wildman–Crippen MR) is 99.3 cm³/mol. The molecule has 0 radical (unpaired) electrons. The summed E-state index contributed by atoms with van der Waals surface area (Å²) in [5.74, 6) is 0.692. The second-order valence-electron chi connectivity index (χ2n) is 5.91. The zero-order valence-corrected chi connectivity index (χ0v) is 15.3. The number of carbonyl (C=O) groups is 1. The largest absolute Gasteiger partial charge is 0.497 e. The van der Waals surface area contributed by atoms with E-state index in [4.69, 9.17) is 9.47 Å². The summed E-state index contributed by atoms with van der Waals surface area (Å²) in [6, 6.07) is 13.1. The summed E-state index contributed by atoms with van der Waals surface area (Å²) in [5, 5.41) is 7.23. The highest BCUT2D eigenvalue weighted by atomic mass is 19.1. The number of aromatic nitrogens is 2. The highest BCUT2D eigenvalue weighted by Gasteiger charge is 2.17. The molecule has 0 bridgehead atoms. The number of methoxy groups -OCH3 is 2. The number of hydrogen-bond donors (Lipinski definition) is 1. The van der Waals surface area contributed by atoms with Gasteiger partial charge in [-0.3, -0.25) is 9.48 Å². The third-order valence-corrected chi connectivity index (χ3v) is 4.16. The molecule has 0 spiro atoms. The Morgan fingerprint density at radius 2 is 1.85 bits per heavy atom. The zero-order valence-electron chi connectivity index (χ0n) is 15.3. The maximum Gasteiger partial charge on any atom is 0.269 e. The third-order valence-electron chi connectivity index (χ3n) is 4.16. The minimum absolute atomic E-state index is 0.270. The second-order valence-corrected chi connectivity index (χ2v) is 5.91. The summed E-state index contributed by atoms with van der Waals surface area (Å²) in [4.78, 5) is 12.5. The van der Waals surface area contributed by atoms with Gasteiger partial charge in [-0.25, -0.2) is 4.39 Å². The van der Waals surface area contributed by atoms with Crippen molar-refractivity contribution in [2.45, 2.75) is 6.54 Å². The van der Waals surface area contributed by atoms with Crippen molar-refractivity contribution >= 4 is 5.91 Å². The van der Waals surface area contributed by atoms with E-state index in [0.29, 0.717) is 29.4 Å². The van der Waals surface area contributed by atoms with Gasteiger partial charge in [0.05, 0.1) is 19.9 Å². The van der Waals surface area contributed by atoms with Crippen molar-refractivity contribution in [2.24, 2.45) is 7.05 Å². The number of nitrogens with one attached hydrogen (secondary N) is 1. The van der Waals surface area contributed by atoms with Crippen molar-refractivity contribution in [1.82, 2.24) is 15.1 Å². The summed E-state index contributed by atoms with van der Waals surface area (Å²) in [7, 11) is 4.85. The maximum absolute atomic E-state index is 13.0. The molecule has 0 saturated heterocycles. The molecule has 1 N–H and O–H groups in total. The van der Waals surface area contributed by atoms with Crippen LogP contribution in [0.1, 0.15) is 16.1 Å². The van der Waals surface area contributed by atoms with Gasteiger partial charge in [0.2, 0.25) is 0 Å². The normalized spacial score (nSPS) is 10.5. The SMILES string of the molecule is COc1ccc(-c2cc(C(=O)NCc3ccc(F)cc3)n(C)n2)c(OC)c1. The number of ether oxygens (including phenoxy) is 2. The molecule has 27 heavy (non-hydrogen) atoms. The monoisotopic (exact) mass is 369 g/mol. The van der Waals surface area contributed by atoms with Gasteiger partial charge in [-0.2, -0.15) is 5.10 Å². The van der Waals surface area contributed by atoms with Crippen LogP contribution in [0.2, 0.25) is 0 Å². The van der Waals surface area contributed by atoms with Gasteiger partial charge in [0, 0.05) is 25.2 Å². The van der Waals surface area contributed by atoms with Gasteiger partial charge in [0.15, 0.2) is 0 Å². The van der Waals surface area contributed by atoms with Crippen LogP contribution in [0.3, 0.4) is 0 Å². The van der Waals surface area contributed by atoms with Gasteiger partial charge in [-0.05, 0) is 35.9 Å². The van der Waals surface area contributed by atoms with Crippen molar-refractivity contribution in [3.63, 3.8) is 0 Å². The van der Waals surface area contributed by atoms with Gasteiger partial charge >= 0.3 is 0 Å². The first-order valence-corrected chi connectivity index (χ1v) is 8.31. The molecule has 0 aliphatic heterocycles. The Kier molecular flexibility index (Phi) is 5.40.